The molecule has 1 heterocycles. The van der Waals surface area contributed by atoms with Gasteiger partial charge < -0.3 is 5.32 Å². The van der Waals surface area contributed by atoms with Crippen molar-refractivity contribution < 1.29 is 0 Å². The fraction of sp³-hybridized carbons (Fsp3) is 0.600. The predicted octanol–water partition coefficient (Wildman–Crippen LogP) is 1.36. The van der Waals surface area contributed by atoms with Gasteiger partial charge in [-0.3, -0.25) is 5.43 Å². The van der Waals surface area contributed by atoms with Crippen LogP contribution in [-0.2, 0) is 0 Å². The van der Waals surface area contributed by atoms with Crippen LogP contribution in [0, 0.1) is 5.92 Å². The zero-order valence-electron chi connectivity index (χ0n) is 8.90. The first-order valence-corrected chi connectivity index (χ1v) is 5.34. The van der Waals surface area contributed by atoms with Crippen molar-refractivity contribution in [2.45, 2.75) is 32.2 Å². The highest BCUT2D eigenvalue weighted by atomic mass is 15.3. The number of rotatable bonds is 3. The van der Waals surface area contributed by atoms with Crippen LogP contribution >= 0.6 is 0 Å². The predicted molar refractivity (Wildman–Crippen MR) is 60.3 cm³/mol. The Bertz CT molecular complexity index is 327. The molecular formula is C10H17N5. The first-order valence-electron chi connectivity index (χ1n) is 5.34. The number of nitrogens with zero attached hydrogens (tertiary/aromatic N) is 2. The lowest BCUT2D eigenvalue weighted by Crippen LogP contribution is -2.17. The maximum atomic E-state index is 5.25. The van der Waals surface area contributed by atoms with Crippen molar-refractivity contribution >= 4 is 11.8 Å². The van der Waals surface area contributed by atoms with Crippen molar-refractivity contribution in [1.82, 2.24) is 9.97 Å². The number of anilines is 2. The Morgan fingerprint density at radius 1 is 1.47 bits per heavy atom. The molecule has 1 saturated carbocycles. The minimum Gasteiger partial charge on any atom is -0.367 e. The fourth-order valence-electron chi connectivity index (χ4n) is 2.06. The molecule has 1 aromatic rings. The van der Waals surface area contributed by atoms with Gasteiger partial charge in [0.2, 0.25) is 5.95 Å². The van der Waals surface area contributed by atoms with Crippen LogP contribution in [0.1, 0.15) is 26.2 Å². The maximum absolute atomic E-state index is 5.25. The summed E-state index contributed by atoms with van der Waals surface area (Å²) in [6.07, 6.45) is 5.43. The second-order valence-corrected chi connectivity index (χ2v) is 4.17. The van der Waals surface area contributed by atoms with E-state index < -0.39 is 0 Å². The average Bonchev–Trinajstić information content (AvgIpc) is 2.64. The van der Waals surface area contributed by atoms with Crippen molar-refractivity contribution in [2.24, 2.45) is 11.8 Å². The van der Waals surface area contributed by atoms with Crippen LogP contribution in [0.5, 0.6) is 0 Å². The molecule has 82 valence electrons. The molecule has 1 aliphatic carbocycles. The lowest BCUT2D eigenvalue weighted by Gasteiger charge is -2.13. The molecule has 0 bridgehead atoms. The molecule has 4 N–H and O–H groups in total. The Morgan fingerprint density at radius 3 is 3.00 bits per heavy atom. The van der Waals surface area contributed by atoms with Gasteiger partial charge in [0.15, 0.2) is 0 Å². The summed E-state index contributed by atoms with van der Waals surface area (Å²) in [6, 6.07) is 2.41. The van der Waals surface area contributed by atoms with Crippen molar-refractivity contribution in [1.29, 1.82) is 0 Å². The summed E-state index contributed by atoms with van der Waals surface area (Å²) in [4.78, 5) is 8.18. The van der Waals surface area contributed by atoms with E-state index in [0.29, 0.717) is 12.0 Å². The highest BCUT2D eigenvalue weighted by Gasteiger charge is 2.21. The summed E-state index contributed by atoms with van der Waals surface area (Å²) >= 11 is 0. The Kier molecular flexibility index (Phi) is 3.01. The topological polar surface area (TPSA) is 75.9 Å². The van der Waals surface area contributed by atoms with Crippen molar-refractivity contribution in [2.75, 3.05) is 10.7 Å². The molecule has 5 nitrogen and oxygen atoms in total. The second kappa shape index (κ2) is 4.44. The number of aromatic nitrogens is 2. The van der Waals surface area contributed by atoms with Crippen LogP contribution in [0.4, 0.5) is 11.8 Å². The zero-order valence-corrected chi connectivity index (χ0v) is 8.90. The number of hydrazine groups is 1. The Balaban J connectivity index is 1.98. The molecule has 1 aliphatic rings. The summed E-state index contributed by atoms with van der Waals surface area (Å²) in [5.41, 5.74) is 2.44. The number of hydrogen-bond donors (Lipinski definition) is 3. The van der Waals surface area contributed by atoms with Crippen LogP contribution in [0.3, 0.4) is 0 Å². The summed E-state index contributed by atoms with van der Waals surface area (Å²) in [5.74, 6) is 7.36. The van der Waals surface area contributed by atoms with Crippen molar-refractivity contribution in [3.8, 4) is 0 Å². The van der Waals surface area contributed by atoms with Gasteiger partial charge in [0.25, 0.3) is 0 Å². The minimum absolute atomic E-state index is 0.450. The van der Waals surface area contributed by atoms with Crippen LogP contribution in [0.15, 0.2) is 12.3 Å². The monoisotopic (exact) mass is 207 g/mol. The van der Waals surface area contributed by atoms with Crippen LogP contribution < -0.4 is 16.6 Å². The molecule has 2 atom stereocenters. The number of nitrogens with two attached hydrogens (primary N) is 1. The second-order valence-electron chi connectivity index (χ2n) is 4.17. The van der Waals surface area contributed by atoms with Crippen molar-refractivity contribution in [3.05, 3.63) is 12.3 Å². The van der Waals surface area contributed by atoms with Gasteiger partial charge in [-0.1, -0.05) is 6.92 Å². The van der Waals surface area contributed by atoms with Gasteiger partial charge in [0.05, 0.1) is 0 Å². The van der Waals surface area contributed by atoms with E-state index in [1.807, 2.05) is 6.07 Å². The van der Waals surface area contributed by atoms with Gasteiger partial charge in [0, 0.05) is 12.2 Å². The molecule has 5 heteroatoms. The molecule has 0 aliphatic heterocycles. The lowest BCUT2D eigenvalue weighted by molar-refractivity contribution is 0.602. The summed E-state index contributed by atoms with van der Waals surface area (Å²) in [5, 5.41) is 3.40. The molecule has 15 heavy (non-hydrogen) atoms. The number of hydrogen-bond acceptors (Lipinski definition) is 5. The van der Waals surface area contributed by atoms with E-state index >= 15 is 0 Å². The largest absolute Gasteiger partial charge is 0.367 e. The number of nitrogen functional groups attached to an aromatic ring is 1. The van der Waals surface area contributed by atoms with Crippen LogP contribution in [0.25, 0.3) is 0 Å². The van der Waals surface area contributed by atoms with Gasteiger partial charge in [0.1, 0.15) is 5.82 Å². The van der Waals surface area contributed by atoms with E-state index in [2.05, 4.69) is 27.6 Å². The van der Waals surface area contributed by atoms with E-state index in [1.54, 1.807) is 6.20 Å². The van der Waals surface area contributed by atoms with E-state index in [1.165, 1.54) is 19.3 Å². The summed E-state index contributed by atoms with van der Waals surface area (Å²) in [7, 11) is 0. The molecular weight excluding hydrogens is 190 g/mol. The van der Waals surface area contributed by atoms with Gasteiger partial charge >= 0.3 is 0 Å². The van der Waals surface area contributed by atoms with E-state index in [-0.39, 0.29) is 0 Å². The molecule has 0 saturated heterocycles. The fourth-order valence-corrected chi connectivity index (χ4v) is 2.06. The Labute approximate surface area is 89.5 Å². The van der Waals surface area contributed by atoms with Gasteiger partial charge in [-0.25, -0.2) is 10.8 Å². The van der Waals surface area contributed by atoms with Gasteiger partial charge in [-0.15, -0.1) is 0 Å². The Morgan fingerprint density at radius 2 is 2.33 bits per heavy atom. The third-order valence-electron chi connectivity index (χ3n) is 2.83. The summed E-state index contributed by atoms with van der Waals surface area (Å²) < 4.78 is 0. The molecule has 1 aromatic heterocycles. The third-order valence-corrected chi connectivity index (χ3v) is 2.83. The molecule has 0 aromatic carbocycles. The molecule has 1 fully saturated rings. The maximum Gasteiger partial charge on any atom is 0.239 e. The highest BCUT2D eigenvalue weighted by Crippen LogP contribution is 2.26. The molecule has 0 radical (unpaired) electrons. The molecule has 2 rings (SSSR count). The zero-order chi connectivity index (χ0) is 10.7. The highest BCUT2D eigenvalue weighted by molar-refractivity contribution is 5.39. The first-order chi connectivity index (χ1) is 7.28. The standard InChI is InChI=1S/C10H17N5/c1-7-2-3-8(6-7)13-9-4-5-12-10(14-9)15-11/h4-5,7-8H,2-3,6,11H2,1H3,(H2,12,13,14,15). The number of nitrogens with one attached hydrogen (secondary N) is 2. The molecule has 0 spiro atoms. The normalized spacial score (nSPS) is 25.2. The van der Waals surface area contributed by atoms with E-state index in [4.69, 9.17) is 5.84 Å². The first kappa shape index (κ1) is 10.2. The smallest absolute Gasteiger partial charge is 0.239 e. The van der Waals surface area contributed by atoms with Crippen LogP contribution in [0.2, 0.25) is 0 Å². The lowest BCUT2D eigenvalue weighted by atomic mass is 10.1. The van der Waals surface area contributed by atoms with E-state index in [9.17, 15) is 0 Å². The minimum atomic E-state index is 0.450. The van der Waals surface area contributed by atoms with Crippen LogP contribution in [-0.4, -0.2) is 16.0 Å². The molecule has 0 amide bonds. The Hall–Kier alpha value is -1.36. The SMILES string of the molecule is CC1CCC(Nc2ccnc(NN)n2)C1. The van der Waals surface area contributed by atoms with Gasteiger partial charge in [-0.05, 0) is 31.2 Å². The molecule has 2 unspecified atom stereocenters. The third kappa shape index (κ3) is 2.56. The van der Waals surface area contributed by atoms with Crippen molar-refractivity contribution in [3.63, 3.8) is 0 Å². The quantitative estimate of drug-likeness (QED) is 0.515. The van der Waals surface area contributed by atoms with E-state index in [0.717, 1.165) is 11.7 Å². The average molecular weight is 207 g/mol. The van der Waals surface area contributed by atoms with Gasteiger partial charge in [-0.2, -0.15) is 4.98 Å². The summed E-state index contributed by atoms with van der Waals surface area (Å²) in [6.45, 7) is 2.29.